The van der Waals surface area contributed by atoms with Crippen molar-refractivity contribution in [1.29, 1.82) is 0 Å². The fraction of sp³-hybridized carbons (Fsp3) is 0.429. The fourth-order valence-corrected chi connectivity index (χ4v) is 2.28. The van der Waals surface area contributed by atoms with Gasteiger partial charge in [-0.05, 0) is 44.6 Å². The molecular formula is C14H17NO. The highest BCUT2D eigenvalue weighted by Crippen LogP contribution is 2.39. The molecule has 0 aliphatic carbocycles. The molecule has 1 heterocycles. The van der Waals surface area contributed by atoms with Crippen LogP contribution in [0.15, 0.2) is 29.3 Å². The van der Waals surface area contributed by atoms with Crippen molar-refractivity contribution in [2.75, 3.05) is 0 Å². The van der Waals surface area contributed by atoms with Gasteiger partial charge in [0.15, 0.2) is 0 Å². The van der Waals surface area contributed by atoms with Crippen LogP contribution in [0.25, 0.3) is 5.57 Å². The molecule has 0 saturated carbocycles. The first-order chi connectivity index (χ1) is 7.42. The molecule has 16 heavy (non-hydrogen) atoms. The van der Waals surface area contributed by atoms with Gasteiger partial charge in [-0.3, -0.25) is 4.99 Å². The Hall–Kier alpha value is -1.44. The second-order valence-electron chi connectivity index (χ2n) is 5.13. The summed E-state index contributed by atoms with van der Waals surface area (Å²) in [4.78, 5) is 16.1. The minimum atomic E-state index is -0.513. The zero-order chi connectivity index (χ0) is 12.0. The maximum absolute atomic E-state index is 11.4. The lowest BCUT2D eigenvalue weighted by atomic mass is 9.68. The van der Waals surface area contributed by atoms with Crippen LogP contribution in [0.5, 0.6) is 0 Å². The molecule has 0 radical (unpaired) electrons. The number of carbonyl (C=O) groups excluding carboxylic acids is 1. The van der Waals surface area contributed by atoms with Gasteiger partial charge in [0.25, 0.3) is 0 Å². The molecule has 0 aromatic heterocycles. The SMILES string of the molecule is CC1=c2ccccc2=NC(C)(C)C1(C)C=O. The zero-order valence-corrected chi connectivity index (χ0v) is 10.2. The molecule has 84 valence electrons. The van der Waals surface area contributed by atoms with E-state index in [4.69, 9.17) is 4.99 Å². The van der Waals surface area contributed by atoms with Crippen LogP contribution in [-0.4, -0.2) is 11.8 Å². The van der Waals surface area contributed by atoms with Crippen LogP contribution in [0.1, 0.15) is 27.7 Å². The van der Waals surface area contributed by atoms with E-state index in [1.807, 2.05) is 52.0 Å². The largest absolute Gasteiger partial charge is 0.302 e. The van der Waals surface area contributed by atoms with Crippen LogP contribution in [0.3, 0.4) is 0 Å². The summed E-state index contributed by atoms with van der Waals surface area (Å²) in [5.41, 5.74) is 0.215. The van der Waals surface area contributed by atoms with Gasteiger partial charge in [-0.15, -0.1) is 0 Å². The van der Waals surface area contributed by atoms with Crippen LogP contribution in [0, 0.1) is 5.41 Å². The van der Waals surface area contributed by atoms with Crippen molar-refractivity contribution in [2.45, 2.75) is 33.2 Å². The van der Waals surface area contributed by atoms with Crippen molar-refractivity contribution < 1.29 is 4.79 Å². The molecule has 1 aromatic rings. The second-order valence-corrected chi connectivity index (χ2v) is 5.13. The van der Waals surface area contributed by atoms with Crippen LogP contribution in [0.2, 0.25) is 0 Å². The monoisotopic (exact) mass is 215 g/mol. The highest BCUT2D eigenvalue weighted by molar-refractivity contribution is 5.79. The molecular weight excluding hydrogens is 198 g/mol. The number of benzene rings is 1. The Balaban J connectivity index is 2.93. The summed E-state index contributed by atoms with van der Waals surface area (Å²) in [5, 5.41) is 2.08. The first-order valence-electron chi connectivity index (χ1n) is 5.55. The summed E-state index contributed by atoms with van der Waals surface area (Å²) in [6.45, 7) is 8.03. The zero-order valence-electron chi connectivity index (χ0n) is 10.2. The second kappa shape index (κ2) is 3.27. The van der Waals surface area contributed by atoms with Crippen molar-refractivity contribution in [3.8, 4) is 0 Å². The molecule has 1 atom stereocenters. The molecule has 0 N–H and O–H groups in total. The molecule has 1 unspecified atom stereocenters. The van der Waals surface area contributed by atoms with Crippen molar-refractivity contribution in [2.24, 2.45) is 10.4 Å². The van der Waals surface area contributed by atoms with Crippen molar-refractivity contribution >= 4 is 11.9 Å². The van der Waals surface area contributed by atoms with Crippen molar-refractivity contribution in [1.82, 2.24) is 0 Å². The maximum Gasteiger partial charge on any atom is 0.132 e. The summed E-state index contributed by atoms with van der Waals surface area (Å²) >= 11 is 0. The lowest BCUT2D eigenvalue weighted by molar-refractivity contribution is -0.115. The Morgan fingerprint density at radius 2 is 1.81 bits per heavy atom. The predicted molar refractivity (Wildman–Crippen MR) is 64.6 cm³/mol. The normalized spacial score (nSPS) is 26.9. The topological polar surface area (TPSA) is 29.4 Å². The van der Waals surface area contributed by atoms with Crippen LogP contribution >= 0.6 is 0 Å². The Morgan fingerprint density at radius 1 is 1.19 bits per heavy atom. The number of hydrogen-bond acceptors (Lipinski definition) is 2. The minimum Gasteiger partial charge on any atom is -0.302 e. The minimum absolute atomic E-state index is 0.382. The third-order valence-corrected chi connectivity index (χ3v) is 3.99. The number of nitrogens with zero attached hydrogens (tertiary/aromatic N) is 1. The number of carbonyl (C=O) groups is 1. The summed E-state index contributed by atoms with van der Waals surface area (Å²) in [6, 6.07) is 8.01. The van der Waals surface area contributed by atoms with E-state index >= 15 is 0 Å². The van der Waals surface area contributed by atoms with Gasteiger partial charge in [0, 0.05) is 0 Å². The first kappa shape index (κ1) is 11.1. The summed E-state index contributed by atoms with van der Waals surface area (Å²) < 4.78 is 0. The van der Waals surface area contributed by atoms with E-state index in [9.17, 15) is 4.79 Å². The molecule has 2 nitrogen and oxygen atoms in total. The predicted octanol–water partition coefficient (Wildman–Crippen LogP) is 1.47. The van der Waals surface area contributed by atoms with Gasteiger partial charge in [0.05, 0.1) is 16.3 Å². The van der Waals surface area contributed by atoms with E-state index in [2.05, 4.69) is 0 Å². The molecule has 0 saturated heterocycles. The Kier molecular flexibility index (Phi) is 2.26. The molecule has 0 bridgehead atoms. The molecule has 1 aliphatic rings. The van der Waals surface area contributed by atoms with Gasteiger partial charge in [0.2, 0.25) is 0 Å². The molecule has 1 aromatic carbocycles. The Bertz CT molecular complexity index is 556. The number of hydrogen-bond donors (Lipinski definition) is 0. The van der Waals surface area contributed by atoms with Gasteiger partial charge in [-0.1, -0.05) is 18.2 Å². The molecule has 1 aliphatic heterocycles. The average molecular weight is 215 g/mol. The average Bonchev–Trinajstić information content (AvgIpc) is 2.25. The number of rotatable bonds is 1. The quantitative estimate of drug-likeness (QED) is 0.652. The van der Waals surface area contributed by atoms with Crippen LogP contribution in [0.4, 0.5) is 0 Å². The van der Waals surface area contributed by atoms with Gasteiger partial charge >= 0.3 is 0 Å². The summed E-state index contributed by atoms with van der Waals surface area (Å²) in [5.74, 6) is 0. The lowest BCUT2D eigenvalue weighted by Crippen LogP contribution is -2.51. The number of fused-ring (bicyclic) bond motifs is 1. The van der Waals surface area contributed by atoms with E-state index in [1.54, 1.807) is 0 Å². The Morgan fingerprint density at radius 3 is 2.44 bits per heavy atom. The molecule has 2 rings (SSSR count). The fourth-order valence-electron chi connectivity index (χ4n) is 2.28. The standard InChI is InChI=1S/C14H17NO/c1-10-11-7-5-6-8-12(11)15-13(2,3)14(10,4)9-16/h5-9H,1-4H3. The van der Waals surface area contributed by atoms with Crippen LogP contribution < -0.4 is 10.6 Å². The molecule has 0 fully saturated rings. The molecule has 0 amide bonds. The molecule has 0 spiro atoms. The van der Waals surface area contributed by atoms with Crippen LogP contribution in [-0.2, 0) is 4.79 Å². The highest BCUT2D eigenvalue weighted by atomic mass is 16.1. The van der Waals surface area contributed by atoms with E-state index in [-0.39, 0.29) is 5.54 Å². The maximum atomic E-state index is 11.4. The van der Waals surface area contributed by atoms with Crippen molar-refractivity contribution in [3.05, 3.63) is 34.8 Å². The smallest absolute Gasteiger partial charge is 0.132 e. The van der Waals surface area contributed by atoms with E-state index in [0.29, 0.717) is 0 Å². The van der Waals surface area contributed by atoms with E-state index < -0.39 is 5.41 Å². The highest BCUT2D eigenvalue weighted by Gasteiger charge is 2.44. The van der Waals surface area contributed by atoms with Gasteiger partial charge in [0.1, 0.15) is 6.29 Å². The third kappa shape index (κ3) is 1.26. The Labute approximate surface area is 95.7 Å². The van der Waals surface area contributed by atoms with E-state index in [1.165, 1.54) is 0 Å². The lowest BCUT2D eigenvalue weighted by Gasteiger charge is -2.40. The van der Waals surface area contributed by atoms with E-state index in [0.717, 1.165) is 22.4 Å². The third-order valence-electron chi connectivity index (χ3n) is 3.99. The van der Waals surface area contributed by atoms with Gasteiger partial charge in [-0.25, -0.2) is 0 Å². The number of para-hydroxylation sites is 1. The van der Waals surface area contributed by atoms with Gasteiger partial charge < -0.3 is 4.79 Å². The van der Waals surface area contributed by atoms with Crippen molar-refractivity contribution in [3.63, 3.8) is 0 Å². The summed E-state index contributed by atoms with van der Waals surface area (Å²) in [7, 11) is 0. The number of aldehydes is 1. The summed E-state index contributed by atoms with van der Waals surface area (Å²) in [6.07, 6.45) is 1.03. The first-order valence-corrected chi connectivity index (χ1v) is 5.55. The van der Waals surface area contributed by atoms with Gasteiger partial charge in [-0.2, -0.15) is 0 Å². The molecule has 2 heteroatoms.